The molecule has 0 saturated heterocycles. The fourth-order valence-electron chi connectivity index (χ4n) is 11.7. The van der Waals surface area contributed by atoms with Crippen LogP contribution in [0, 0.1) is 17.9 Å². The molecular weight excluding hydrogens is 845 g/mol. The summed E-state index contributed by atoms with van der Waals surface area (Å²) in [5.41, 5.74) is 11.9. The average molecular weight is 879 g/mol. The zero-order valence-corrected chi connectivity index (χ0v) is 36.7. The van der Waals surface area contributed by atoms with E-state index < -0.39 is 0 Å². The van der Waals surface area contributed by atoms with E-state index in [9.17, 15) is 11.8 Å². The van der Waals surface area contributed by atoms with Crippen LogP contribution in [0.15, 0.2) is 211 Å². The minimum Gasteiger partial charge on any atom is -0.454 e. The smallest absolute Gasteiger partial charge is 0.237 e. The molecular formula is C62H34N6O. The van der Waals surface area contributed by atoms with Crippen molar-refractivity contribution in [3.8, 4) is 28.8 Å². The topological polar surface area (TPSA) is 61.0 Å². The van der Waals surface area contributed by atoms with Crippen LogP contribution in [0.3, 0.4) is 0 Å². The molecule has 0 saturated carbocycles. The van der Waals surface area contributed by atoms with Crippen molar-refractivity contribution in [2.75, 3.05) is 0 Å². The molecule has 0 aliphatic heterocycles. The van der Waals surface area contributed by atoms with Crippen molar-refractivity contribution >= 4 is 115 Å². The standard InChI is InChI=1S/C62H34N6O/c1-64-56-57(68-54-32-16-8-24-43(54)45-34-35-46-44-25-9-17-33-55(44)69-62(46)59(45)68)47(36-63)58(65-48-26-10-2-18-37(48)38-19-3-11-27-49(38)65)61(67-52-30-14-6-22-41(52)42-23-7-15-31-53(42)67)60(56)66-50-28-12-4-20-39(50)40-21-5-13-29-51(40)66/h2-35H. The van der Waals surface area contributed by atoms with Gasteiger partial charge in [0.25, 0.3) is 0 Å². The van der Waals surface area contributed by atoms with E-state index in [1.54, 1.807) is 0 Å². The van der Waals surface area contributed by atoms with Gasteiger partial charge >= 0.3 is 0 Å². The SMILES string of the molecule is [C-]#[N+]c1c(-n2c3ccccc3c3ccccc32)c(-n2c3ccccc3c3ccccc32)c(-n2c3ccccc3c3ccccc32)c(C#N)c1-n1c2ccccc2c2ccc3c4ccccc4oc3c21. The molecule has 0 aliphatic rings. The monoisotopic (exact) mass is 878 g/mol. The number of para-hydroxylation sites is 8. The molecule has 15 rings (SSSR count). The van der Waals surface area contributed by atoms with E-state index in [1.165, 1.54) is 0 Å². The molecule has 0 amide bonds. The van der Waals surface area contributed by atoms with Crippen molar-refractivity contribution in [1.29, 1.82) is 5.26 Å². The summed E-state index contributed by atoms with van der Waals surface area (Å²) in [5.74, 6) is 0. The van der Waals surface area contributed by atoms with E-state index >= 15 is 0 Å². The van der Waals surface area contributed by atoms with Crippen molar-refractivity contribution in [2.24, 2.45) is 0 Å². The van der Waals surface area contributed by atoms with Gasteiger partial charge < -0.3 is 22.7 Å². The largest absolute Gasteiger partial charge is 0.454 e. The molecule has 0 aliphatic carbocycles. The van der Waals surface area contributed by atoms with Crippen LogP contribution in [0.1, 0.15) is 5.56 Å². The summed E-state index contributed by atoms with van der Waals surface area (Å²) < 4.78 is 16.0. The van der Waals surface area contributed by atoms with Gasteiger partial charge in [-0.3, -0.25) is 0 Å². The first kappa shape index (κ1) is 37.4. The summed E-state index contributed by atoms with van der Waals surface area (Å²) in [4.78, 5) is 4.72. The molecule has 0 spiro atoms. The molecule has 0 atom stereocenters. The van der Waals surface area contributed by atoms with Gasteiger partial charge in [-0.05, 0) is 54.6 Å². The Kier molecular flexibility index (Phi) is 7.51. The van der Waals surface area contributed by atoms with E-state index in [4.69, 9.17) is 9.26 Å². The van der Waals surface area contributed by atoms with Gasteiger partial charge in [-0.15, -0.1) is 0 Å². The summed E-state index contributed by atoms with van der Waals surface area (Å²) in [7, 11) is 0. The van der Waals surface area contributed by atoms with E-state index in [0.717, 1.165) is 104 Å². The van der Waals surface area contributed by atoms with Gasteiger partial charge in [-0.1, -0.05) is 152 Å². The lowest BCUT2D eigenvalue weighted by atomic mass is 10.0. The third-order valence-electron chi connectivity index (χ3n) is 14.4. The van der Waals surface area contributed by atoms with Crippen LogP contribution in [0.4, 0.5) is 5.69 Å². The predicted molar refractivity (Wildman–Crippen MR) is 282 cm³/mol. The maximum absolute atomic E-state index is 12.4. The molecule has 0 N–H and O–H groups in total. The van der Waals surface area contributed by atoms with Crippen LogP contribution < -0.4 is 0 Å². The molecule has 0 unspecified atom stereocenters. The maximum Gasteiger partial charge on any atom is 0.237 e. The highest BCUT2D eigenvalue weighted by Gasteiger charge is 2.35. The number of furan rings is 1. The summed E-state index contributed by atoms with van der Waals surface area (Å²) >= 11 is 0. The lowest BCUT2D eigenvalue weighted by Gasteiger charge is -2.27. The van der Waals surface area contributed by atoms with Crippen LogP contribution in [-0.4, -0.2) is 18.3 Å². The second kappa shape index (κ2) is 13.9. The molecule has 69 heavy (non-hydrogen) atoms. The Hall–Kier alpha value is -9.82. The average Bonchev–Trinajstić information content (AvgIpc) is 4.21. The molecule has 0 radical (unpaired) electrons. The van der Waals surface area contributed by atoms with Gasteiger partial charge in [0, 0.05) is 53.9 Å². The highest BCUT2D eigenvalue weighted by atomic mass is 16.3. The molecule has 15 aromatic rings. The molecule has 318 valence electrons. The fraction of sp³-hybridized carbons (Fsp3) is 0. The van der Waals surface area contributed by atoms with Gasteiger partial charge in [-0.2, -0.15) is 5.26 Å². The minimum atomic E-state index is 0.329. The number of hydrogen-bond acceptors (Lipinski definition) is 2. The number of benzene rings is 10. The van der Waals surface area contributed by atoms with E-state index in [0.29, 0.717) is 39.6 Å². The molecule has 5 aromatic heterocycles. The first-order chi connectivity index (χ1) is 34.2. The van der Waals surface area contributed by atoms with Gasteiger partial charge in [0.05, 0.1) is 79.0 Å². The number of hydrogen-bond donors (Lipinski definition) is 0. The molecule has 0 bridgehead atoms. The van der Waals surface area contributed by atoms with Crippen LogP contribution in [0.25, 0.3) is 137 Å². The Balaban J connectivity index is 1.29. The Morgan fingerprint density at radius 1 is 0.348 bits per heavy atom. The van der Waals surface area contributed by atoms with Gasteiger partial charge in [-0.25, -0.2) is 4.85 Å². The zero-order chi connectivity index (χ0) is 45.5. The van der Waals surface area contributed by atoms with Crippen LogP contribution >= 0.6 is 0 Å². The quantitative estimate of drug-likeness (QED) is 0.165. The minimum absolute atomic E-state index is 0.329. The number of rotatable bonds is 4. The third-order valence-corrected chi connectivity index (χ3v) is 14.4. The maximum atomic E-state index is 12.4. The highest BCUT2D eigenvalue weighted by Crippen LogP contribution is 2.52. The Morgan fingerprint density at radius 2 is 0.696 bits per heavy atom. The number of fused-ring (bicyclic) bond motifs is 16. The zero-order valence-electron chi connectivity index (χ0n) is 36.7. The lowest BCUT2D eigenvalue weighted by Crippen LogP contribution is -2.14. The van der Waals surface area contributed by atoms with Gasteiger partial charge in [0.15, 0.2) is 5.58 Å². The van der Waals surface area contributed by atoms with Crippen LogP contribution in [0.2, 0.25) is 0 Å². The summed E-state index contributed by atoms with van der Waals surface area (Å²) in [6, 6.07) is 74.3. The normalized spacial score (nSPS) is 12.0. The number of nitriles is 1. The molecule has 5 heterocycles. The number of nitrogens with zero attached hydrogens (tertiary/aromatic N) is 6. The highest BCUT2D eigenvalue weighted by molar-refractivity contribution is 6.23. The van der Waals surface area contributed by atoms with Crippen molar-refractivity contribution in [2.45, 2.75) is 0 Å². The van der Waals surface area contributed by atoms with E-state index in [-0.39, 0.29) is 0 Å². The second-order valence-electron chi connectivity index (χ2n) is 17.7. The van der Waals surface area contributed by atoms with E-state index in [2.05, 4.69) is 200 Å². The summed E-state index contributed by atoms with van der Waals surface area (Å²) in [5, 5.41) is 22.7. The number of aromatic nitrogens is 4. The predicted octanol–water partition coefficient (Wildman–Crippen LogP) is 16.4. The van der Waals surface area contributed by atoms with E-state index in [1.807, 2.05) is 30.3 Å². The summed E-state index contributed by atoms with van der Waals surface area (Å²) in [6.07, 6.45) is 0. The molecule has 0 fully saturated rings. The van der Waals surface area contributed by atoms with Crippen molar-refractivity contribution < 1.29 is 4.42 Å². The second-order valence-corrected chi connectivity index (χ2v) is 17.7. The molecule has 7 nitrogen and oxygen atoms in total. The van der Waals surface area contributed by atoms with Crippen LogP contribution in [-0.2, 0) is 0 Å². The van der Waals surface area contributed by atoms with Crippen molar-refractivity contribution in [1.82, 2.24) is 18.3 Å². The Morgan fingerprint density at radius 3 is 1.13 bits per heavy atom. The van der Waals surface area contributed by atoms with Crippen LogP contribution in [0.5, 0.6) is 0 Å². The molecule has 10 aromatic carbocycles. The van der Waals surface area contributed by atoms with Crippen molar-refractivity contribution in [3.63, 3.8) is 0 Å². The lowest BCUT2D eigenvalue weighted by molar-refractivity contribution is 0.671. The fourth-order valence-corrected chi connectivity index (χ4v) is 11.7. The Labute approximate surface area is 393 Å². The van der Waals surface area contributed by atoms with Gasteiger partial charge in [0.1, 0.15) is 11.7 Å². The first-order valence-electron chi connectivity index (χ1n) is 23.0. The molecule has 7 heteroatoms. The third kappa shape index (κ3) is 4.82. The first-order valence-corrected chi connectivity index (χ1v) is 23.0. The summed E-state index contributed by atoms with van der Waals surface area (Å²) in [6.45, 7) is 9.69. The van der Waals surface area contributed by atoms with Crippen molar-refractivity contribution in [3.05, 3.63) is 223 Å². The van der Waals surface area contributed by atoms with Gasteiger partial charge in [0.2, 0.25) is 5.69 Å². The Bertz CT molecular complexity index is 4510.